The Morgan fingerprint density at radius 2 is 1.55 bits per heavy atom. The predicted molar refractivity (Wildman–Crippen MR) is 163 cm³/mol. The van der Waals surface area contributed by atoms with Crippen molar-refractivity contribution in [1.29, 1.82) is 0 Å². The zero-order valence-electron chi connectivity index (χ0n) is 24.6. The summed E-state index contributed by atoms with van der Waals surface area (Å²) >= 11 is 0. The van der Waals surface area contributed by atoms with Crippen molar-refractivity contribution in [2.75, 3.05) is 20.3 Å². The summed E-state index contributed by atoms with van der Waals surface area (Å²) in [6, 6.07) is 23.3. The Hall–Kier alpha value is -3.65. The first-order valence-electron chi connectivity index (χ1n) is 14.7. The van der Waals surface area contributed by atoms with Gasteiger partial charge in [0.15, 0.2) is 0 Å². The molecule has 1 N–H and O–H groups in total. The first kappa shape index (κ1) is 31.3. The molecule has 1 saturated heterocycles. The lowest BCUT2D eigenvalue weighted by Gasteiger charge is -2.32. The SMILES string of the molecule is COC(=O)c1c(C=CCCCC2OCCOC2CC[C@H](C)O)cc(OCc2ccccc2)cc1OCc1ccccc1. The lowest BCUT2D eigenvalue weighted by Crippen LogP contribution is -2.38. The molecule has 1 aliphatic rings. The lowest BCUT2D eigenvalue weighted by atomic mass is 10.00. The summed E-state index contributed by atoms with van der Waals surface area (Å²) in [6.45, 7) is 3.67. The fourth-order valence-electron chi connectivity index (χ4n) is 4.94. The standard InChI is InChI=1S/C35H42O7/c1-26(36)18-19-32-31(39-20-21-40-32)17-11-5-10-16-29-22-30(41-24-27-12-6-3-7-13-27)23-33(34(29)35(37)38-2)42-25-28-14-8-4-9-15-28/h3-4,6-10,12-16,22-23,26,31-32,36H,5,11,17-21,24-25H2,1-2H3/t26-,31?,32?/m0/s1. The highest BCUT2D eigenvalue weighted by atomic mass is 16.6. The molecule has 0 aromatic heterocycles. The van der Waals surface area contributed by atoms with Crippen LogP contribution in [0.2, 0.25) is 0 Å². The zero-order valence-corrected chi connectivity index (χ0v) is 24.6. The van der Waals surface area contributed by atoms with Crippen LogP contribution >= 0.6 is 0 Å². The smallest absolute Gasteiger partial charge is 0.342 e. The van der Waals surface area contributed by atoms with Gasteiger partial charge in [-0.15, -0.1) is 0 Å². The van der Waals surface area contributed by atoms with Crippen LogP contribution in [0.15, 0.2) is 78.9 Å². The van der Waals surface area contributed by atoms with Crippen LogP contribution in [0.25, 0.3) is 6.08 Å². The second-order valence-corrected chi connectivity index (χ2v) is 10.5. The summed E-state index contributed by atoms with van der Waals surface area (Å²) < 4.78 is 29.4. The molecule has 42 heavy (non-hydrogen) atoms. The molecular weight excluding hydrogens is 532 g/mol. The van der Waals surface area contributed by atoms with E-state index >= 15 is 0 Å². The van der Waals surface area contributed by atoms with Crippen molar-refractivity contribution in [2.45, 2.75) is 70.6 Å². The number of ether oxygens (including phenoxy) is 5. The molecule has 1 aliphatic heterocycles. The third-order valence-electron chi connectivity index (χ3n) is 7.17. The van der Waals surface area contributed by atoms with E-state index in [2.05, 4.69) is 6.08 Å². The van der Waals surface area contributed by atoms with Gasteiger partial charge in [-0.25, -0.2) is 4.79 Å². The van der Waals surface area contributed by atoms with Crippen LogP contribution in [-0.4, -0.2) is 49.7 Å². The highest BCUT2D eigenvalue weighted by molar-refractivity contribution is 5.97. The first-order chi connectivity index (χ1) is 20.5. The lowest BCUT2D eigenvalue weighted by molar-refractivity contribution is -0.146. The molecule has 4 rings (SSSR count). The van der Waals surface area contributed by atoms with Gasteiger partial charge in [-0.3, -0.25) is 0 Å². The second-order valence-electron chi connectivity index (χ2n) is 10.5. The molecule has 0 amide bonds. The van der Waals surface area contributed by atoms with E-state index in [4.69, 9.17) is 23.7 Å². The molecule has 7 heteroatoms. The number of hydrogen-bond acceptors (Lipinski definition) is 7. The number of esters is 1. The van der Waals surface area contributed by atoms with E-state index in [1.54, 1.807) is 13.0 Å². The predicted octanol–water partition coefficient (Wildman–Crippen LogP) is 6.76. The molecule has 0 spiro atoms. The molecule has 0 radical (unpaired) electrons. The minimum atomic E-state index is -0.471. The molecule has 2 unspecified atom stereocenters. The number of methoxy groups -OCH3 is 1. The summed E-state index contributed by atoms with van der Waals surface area (Å²) in [5.74, 6) is 0.536. The fourth-order valence-corrected chi connectivity index (χ4v) is 4.94. The third kappa shape index (κ3) is 9.72. The zero-order chi connectivity index (χ0) is 29.6. The third-order valence-corrected chi connectivity index (χ3v) is 7.17. The molecule has 1 fully saturated rings. The van der Waals surface area contributed by atoms with Gasteiger partial charge in [0, 0.05) is 6.07 Å². The van der Waals surface area contributed by atoms with Crippen LogP contribution in [-0.2, 0) is 27.4 Å². The first-order valence-corrected chi connectivity index (χ1v) is 14.7. The summed E-state index contributed by atoms with van der Waals surface area (Å²) in [4.78, 5) is 13.0. The van der Waals surface area contributed by atoms with Crippen LogP contribution in [0.4, 0.5) is 0 Å². The van der Waals surface area contributed by atoms with Crippen LogP contribution < -0.4 is 9.47 Å². The maximum atomic E-state index is 13.0. The van der Waals surface area contributed by atoms with Gasteiger partial charge in [-0.05, 0) is 61.8 Å². The number of carbonyl (C=O) groups excluding carboxylic acids is 1. The molecule has 7 nitrogen and oxygen atoms in total. The van der Waals surface area contributed by atoms with E-state index in [9.17, 15) is 9.90 Å². The number of benzene rings is 3. The molecule has 3 aromatic carbocycles. The second kappa shape index (κ2) is 16.7. The van der Waals surface area contributed by atoms with Crippen molar-refractivity contribution in [3.8, 4) is 11.5 Å². The Balaban J connectivity index is 1.49. The van der Waals surface area contributed by atoms with Crippen LogP contribution in [0.3, 0.4) is 0 Å². The topological polar surface area (TPSA) is 83.5 Å². The molecule has 224 valence electrons. The molecule has 0 bridgehead atoms. The summed E-state index contributed by atoms with van der Waals surface area (Å²) in [5, 5.41) is 9.67. The van der Waals surface area contributed by atoms with Crippen molar-refractivity contribution in [1.82, 2.24) is 0 Å². The molecule has 1 heterocycles. The van der Waals surface area contributed by atoms with Gasteiger partial charge in [0.05, 0.1) is 38.6 Å². The van der Waals surface area contributed by atoms with Gasteiger partial charge >= 0.3 is 5.97 Å². The number of aliphatic hydroxyl groups is 1. The van der Waals surface area contributed by atoms with E-state index in [0.29, 0.717) is 55.5 Å². The summed E-state index contributed by atoms with van der Waals surface area (Å²) in [5.41, 5.74) is 3.06. The van der Waals surface area contributed by atoms with E-state index in [-0.39, 0.29) is 18.3 Å². The van der Waals surface area contributed by atoms with Crippen molar-refractivity contribution in [2.24, 2.45) is 0 Å². The highest BCUT2D eigenvalue weighted by Gasteiger charge is 2.26. The Labute approximate surface area is 249 Å². The van der Waals surface area contributed by atoms with Gasteiger partial charge in [-0.1, -0.05) is 72.8 Å². The van der Waals surface area contributed by atoms with Gasteiger partial charge in [0.1, 0.15) is 30.3 Å². The van der Waals surface area contributed by atoms with Gasteiger partial charge in [0.25, 0.3) is 0 Å². The van der Waals surface area contributed by atoms with Crippen LogP contribution in [0.1, 0.15) is 66.1 Å². The Morgan fingerprint density at radius 3 is 2.17 bits per heavy atom. The average Bonchev–Trinajstić information content (AvgIpc) is 3.02. The number of carbonyl (C=O) groups is 1. The number of allylic oxidation sites excluding steroid dienone is 1. The van der Waals surface area contributed by atoms with E-state index in [0.717, 1.165) is 36.8 Å². The van der Waals surface area contributed by atoms with Crippen molar-refractivity contribution >= 4 is 12.0 Å². The van der Waals surface area contributed by atoms with Crippen molar-refractivity contribution in [3.63, 3.8) is 0 Å². The molecule has 3 aromatic rings. The Morgan fingerprint density at radius 1 is 0.929 bits per heavy atom. The largest absolute Gasteiger partial charge is 0.489 e. The minimum absolute atomic E-state index is 0.00558. The molecule has 3 atom stereocenters. The van der Waals surface area contributed by atoms with Crippen molar-refractivity contribution in [3.05, 3.63) is 101 Å². The Bertz CT molecular complexity index is 1260. The normalized spacial score (nSPS) is 17.6. The number of aliphatic hydroxyl groups excluding tert-OH is 1. The highest BCUT2D eigenvalue weighted by Crippen LogP contribution is 2.32. The Kier molecular flexibility index (Phi) is 12.4. The maximum absolute atomic E-state index is 13.0. The maximum Gasteiger partial charge on any atom is 0.342 e. The fraction of sp³-hybridized carbons (Fsp3) is 0.400. The summed E-state index contributed by atoms with van der Waals surface area (Å²) in [7, 11) is 1.37. The van der Waals surface area contributed by atoms with Crippen LogP contribution in [0.5, 0.6) is 11.5 Å². The van der Waals surface area contributed by atoms with Gasteiger partial charge in [-0.2, -0.15) is 0 Å². The quantitative estimate of drug-likeness (QED) is 0.159. The van der Waals surface area contributed by atoms with Crippen molar-refractivity contribution < 1.29 is 33.6 Å². The monoisotopic (exact) mass is 574 g/mol. The molecule has 0 aliphatic carbocycles. The van der Waals surface area contributed by atoms with E-state index in [1.165, 1.54) is 7.11 Å². The number of hydrogen-bond donors (Lipinski definition) is 1. The van der Waals surface area contributed by atoms with Gasteiger partial charge < -0.3 is 28.8 Å². The van der Waals surface area contributed by atoms with E-state index in [1.807, 2.05) is 72.8 Å². The summed E-state index contributed by atoms with van der Waals surface area (Å²) in [6.07, 6.45) is 7.67. The molecule has 0 saturated carbocycles. The van der Waals surface area contributed by atoms with Gasteiger partial charge in [0.2, 0.25) is 0 Å². The molecular formula is C35H42O7. The van der Waals surface area contributed by atoms with Crippen LogP contribution in [0, 0.1) is 0 Å². The minimum Gasteiger partial charge on any atom is -0.489 e. The number of unbranched alkanes of at least 4 members (excludes halogenated alkanes) is 1. The van der Waals surface area contributed by atoms with E-state index < -0.39 is 5.97 Å². The number of rotatable bonds is 15. The average molecular weight is 575 g/mol.